The SMILES string of the molecule is C=CCNc1cccc2c1C(=O)c1ccccc1C2=O.O=C1CCO1. The van der Waals surface area contributed by atoms with Crippen molar-refractivity contribution in [2.45, 2.75) is 6.42 Å². The zero-order valence-corrected chi connectivity index (χ0v) is 13.6. The summed E-state index contributed by atoms with van der Waals surface area (Å²) in [5.74, 6) is -0.273. The summed E-state index contributed by atoms with van der Waals surface area (Å²) in [5.41, 5.74) is 2.54. The van der Waals surface area contributed by atoms with E-state index in [1.807, 2.05) is 0 Å². The molecule has 25 heavy (non-hydrogen) atoms. The van der Waals surface area contributed by atoms with Crippen molar-refractivity contribution in [2.75, 3.05) is 18.5 Å². The Bertz CT molecular complexity index is 864. The Morgan fingerprint density at radius 1 is 0.960 bits per heavy atom. The van der Waals surface area contributed by atoms with Crippen LogP contribution in [-0.4, -0.2) is 30.7 Å². The minimum atomic E-state index is -0.109. The van der Waals surface area contributed by atoms with Crippen LogP contribution in [0.5, 0.6) is 0 Å². The first-order valence-corrected chi connectivity index (χ1v) is 7.95. The predicted octanol–water partition coefficient (Wildman–Crippen LogP) is 2.99. The van der Waals surface area contributed by atoms with Crippen molar-refractivity contribution in [3.8, 4) is 0 Å². The van der Waals surface area contributed by atoms with Crippen molar-refractivity contribution in [3.63, 3.8) is 0 Å². The van der Waals surface area contributed by atoms with E-state index in [9.17, 15) is 14.4 Å². The van der Waals surface area contributed by atoms with Crippen molar-refractivity contribution in [1.29, 1.82) is 0 Å². The van der Waals surface area contributed by atoms with E-state index in [0.717, 1.165) is 0 Å². The molecular formula is C20H17NO4. The molecule has 0 saturated carbocycles. The highest BCUT2D eigenvalue weighted by Gasteiger charge is 2.30. The van der Waals surface area contributed by atoms with E-state index in [1.165, 1.54) is 0 Å². The molecule has 0 amide bonds. The van der Waals surface area contributed by atoms with E-state index in [0.29, 0.717) is 47.5 Å². The summed E-state index contributed by atoms with van der Waals surface area (Å²) >= 11 is 0. The van der Waals surface area contributed by atoms with Crippen LogP contribution in [0.3, 0.4) is 0 Å². The summed E-state index contributed by atoms with van der Waals surface area (Å²) < 4.78 is 4.29. The Balaban J connectivity index is 0.000000314. The molecule has 1 heterocycles. The Morgan fingerprint density at radius 2 is 1.56 bits per heavy atom. The lowest BCUT2D eigenvalue weighted by Crippen LogP contribution is -2.22. The topological polar surface area (TPSA) is 72.5 Å². The average Bonchev–Trinajstić information content (AvgIpc) is 2.63. The van der Waals surface area contributed by atoms with Crippen molar-refractivity contribution < 1.29 is 19.1 Å². The van der Waals surface area contributed by atoms with E-state index >= 15 is 0 Å². The number of carbonyl (C=O) groups excluding carboxylic acids is 3. The predicted molar refractivity (Wildman–Crippen MR) is 94.0 cm³/mol. The number of ketones is 2. The molecule has 0 atom stereocenters. The Morgan fingerprint density at radius 3 is 2.12 bits per heavy atom. The van der Waals surface area contributed by atoms with E-state index < -0.39 is 0 Å². The molecule has 1 fully saturated rings. The first-order chi connectivity index (χ1) is 12.1. The standard InChI is InChI=1S/C17H13NO2.C3H4O2/c1-2-10-18-14-9-5-8-13-15(14)17(20)12-7-4-3-6-11(12)16(13)19;4-3-1-2-5-3/h2-9,18H,1,10H2;1-2H2. The van der Waals surface area contributed by atoms with Crippen LogP contribution in [0, 0.1) is 0 Å². The third-order valence-electron chi connectivity index (χ3n) is 3.96. The van der Waals surface area contributed by atoms with Crippen LogP contribution < -0.4 is 5.32 Å². The third-order valence-corrected chi connectivity index (χ3v) is 3.96. The minimum absolute atomic E-state index is 0.0648. The molecule has 2 aliphatic rings. The lowest BCUT2D eigenvalue weighted by molar-refractivity contribution is -0.157. The second-order valence-corrected chi connectivity index (χ2v) is 5.57. The highest BCUT2D eigenvalue weighted by Crippen LogP contribution is 2.31. The van der Waals surface area contributed by atoms with Gasteiger partial charge in [-0.15, -0.1) is 6.58 Å². The zero-order valence-electron chi connectivity index (χ0n) is 13.6. The average molecular weight is 335 g/mol. The fraction of sp³-hybridized carbons (Fsp3) is 0.150. The Kier molecular flexibility index (Phi) is 4.75. The van der Waals surface area contributed by atoms with Gasteiger partial charge < -0.3 is 10.1 Å². The smallest absolute Gasteiger partial charge is 0.309 e. The maximum atomic E-state index is 12.6. The molecule has 2 aromatic rings. The summed E-state index contributed by atoms with van der Waals surface area (Å²) in [7, 11) is 0. The fourth-order valence-electron chi connectivity index (χ4n) is 2.66. The number of hydrogen-bond donors (Lipinski definition) is 1. The molecule has 1 saturated heterocycles. The molecule has 1 aliphatic carbocycles. The number of hydrogen-bond acceptors (Lipinski definition) is 5. The molecule has 0 bridgehead atoms. The lowest BCUT2D eigenvalue weighted by atomic mass is 9.83. The quantitative estimate of drug-likeness (QED) is 0.588. The molecule has 126 valence electrons. The van der Waals surface area contributed by atoms with Gasteiger partial charge in [0, 0.05) is 28.9 Å². The van der Waals surface area contributed by atoms with Crippen LogP contribution in [0.25, 0.3) is 0 Å². The van der Waals surface area contributed by atoms with E-state index in [-0.39, 0.29) is 17.5 Å². The maximum absolute atomic E-state index is 12.6. The molecule has 5 nitrogen and oxygen atoms in total. The molecule has 5 heteroatoms. The fourth-order valence-corrected chi connectivity index (χ4v) is 2.66. The monoisotopic (exact) mass is 335 g/mol. The van der Waals surface area contributed by atoms with Gasteiger partial charge in [-0.2, -0.15) is 0 Å². The van der Waals surface area contributed by atoms with Crippen LogP contribution in [-0.2, 0) is 9.53 Å². The lowest BCUT2D eigenvalue weighted by Gasteiger charge is -2.20. The highest BCUT2D eigenvalue weighted by atomic mass is 16.6. The zero-order chi connectivity index (χ0) is 17.8. The van der Waals surface area contributed by atoms with Gasteiger partial charge in [-0.1, -0.05) is 42.5 Å². The van der Waals surface area contributed by atoms with Crippen LogP contribution in [0.2, 0.25) is 0 Å². The molecule has 0 radical (unpaired) electrons. The van der Waals surface area contributed by atoms with E-state index in [1.54, 1.807) is 48.5 Å². The van der Waals surface area contributed by atoms with Crippen molar-refractivity contribution >= 4 is 23.2 Å². The van der Waals surface area contributed by atoms with Gasteiger partial charge in [0.05, 0.1) is 12.0 Å². The largest absolute Gasteiger partial charge is 0.465 e. The highest BCUT2D eigenvalue weighted by molar-refractivity contribution is 6.30. The molecule has 0 unspecified atom stereocenters. The number of anilines is 1. The summed E-state index contributed by atoms with van der Waals surface area (Å²) in [6.45, 7) is 4.82. The normalized spacial score (nSPS) is 14.2. The van der Waals surface area contributed by atoms with Gasteiger partial charge in [-0.05, 0) is 6.07 Å². The summed E-state index contributed by atoms with van der Waals surface area (Å²) in [6.07, 6.45) is 2.34. The van der Waals surface area contributed by atoms with Gasteiger partial charge in [0.15, 0.2) is 11.6 Å². The van der Waals surface area contributed by atoms with Gasteiger partial charge in [-0.3, -0.25) is 14.4 Å². The summed E-state index contributed by atoms with van der Waals surface area (Å²) in [6, 6.07) is 12.2. The molecule has 1 aliphatic heterocycles. The number of cyclic esters (lactones) is 1. The van der Waals surface area contributed by atoms with Crippen molar-refractivity contribution in [3.05, 3.63) is 77.4 Å². The summed E-state index contributed by atoms with van der Waals surface area (Å²) in [5, 5.41) is 3.11. The number of esters is 1. The Labute approximate surface area is 145 Å². The van der Waals surface area contributed by atoms with Gasteiger partial charge in [0.25, 0.3) is 0 Å². The first-order valence-electron chi connectivity index (χ1n) is 7.95. The summed E-state index contributed by atoms with van der Waals surface area (Å²) in [4.78, 5) is 34.8. The van der Waals surface area contributed by atoms with Crippen LogP contribution in [0.4, 0.5) is 5.69 Å². The Hall–Kier alpha value is -3.21. The van der Waals surface area contributed by atoms with Crippen LogP contribution >= 0.6 is 0 Å². The molecule has 2 aromatic carbocycles. The van der Waals surface area contributed by atoms with E-state index in [2.05, 4.69) is 16.6 Å². The second kappa shape index (κ2) is 7.13. The second-order valence-electron chi connectivity index (χ2n) is 5.57. The third kappa shape index (κ3) is 3.21. The molecular weight excluding hydrogens is 318 g/mol. The van der Waals surface area contributed by atoms with Crippen molar-refractivity contribution in [2.24, 2.45) is 0 Å². The number of ether oxygens (including phenoxy) is 1. The van der Waals surface area contributed by atoms with Gasteiger partial charge in [-0.25, -0.2) is 0 Å². The van der Waals surface area contributed by atoms with Crippen LogP contribution in [0.1, 0.15) is 38.3 Å². The van der Waals surface area contributed by atoms with E-state index in [4.69, 9.17) is 0 Å². The molecule has 0 aromatic heterocycles. The van der Waals surface area contributed by atoms with Gasteiger partial charge >= 0.3 is 5.97 Å². The molecule has 4 rings (SSSR count). The van der Waals surface area contributed by atoms with Crippen molar-refractivity contribution in [1.82, 2.24) is 0 Å². The number of nitrogens with one attached hydrogen (secondary N) is 1. The van der Waals surface area contributed by atoms with Gasteiger partial charge in [0.2, 0.25) is 0 Å². The molecule has 0 spiro atoms. The number of benzene rings is 2. The minimum Gasteiger partial charge on any atom is -0.465 e. The maximum Gasteiger partial charge on any atom is 0.309 e. The number of fused-ring (bicyclic) bond motifs is 2. The number of rotatable bonds is 3. The van der Waals surface area contributed by atoms with Gasteiger partial charge in [0.1, 0.15) is 6.61 Å². The number of carbonyl (C=O) groups is 3. The molecule has 1 N–H and O–H groups in total. The first kappa shape index (κ1) is 16.6. The van der Waals surface area contributed by atoms with Crippen LogP contribution in [0.15, 0.2) is 55.1 Å².